The highest BCUT2D eigenvalue weighted by molar-refractivity contribution is 9.10. The van der Waals surface area contributed by atoms with Crippen molar-refractivity contribution in [3.05, 3.63) is 34.5 Å². The predicted molar refractivity (Wildman–Crippen MR) is 75.6 cm³/mol. The summed E-state index contributed by atoms with van der Waals surface area (Å²) in [5, 5.41) is 9.95. The molecule has 0 aliphatic carbocycles. The van der Waals surface area contributed by atoms with Crippen molar-refractivity contribution >= 4 is 38.8 Å². The molecule has 5 nitrogen and oxygen atoms in total. The quantitative estimate of drug-likeness (QED) is 0.914. The Hall–Kier alpha value is -1.82. The van der Waals surface area contributed by atoms with Crippen molar-refractivity contribution in [1.29, 1.82) is 0 Å². The number of hydrogen-bond acceptors (Lipinski definition) is 3. The van der Waals surface area contributed by atoms with Gasteiger partial charge in [-0.2, -0.15) is 0 Å². The van der Waals surface area contributed by atoms with Gasteiger partial charge in [-0.25, -0.2) is 4.79 Å². The summed E-state index contributed by atoms with van der Waals surface area (Å²) in [5.74, 6) is -1.15. The zero-order valence-corrected chi connectivity index (χ0v) is 12.1. The summed E-state index contributed by atoms with van der Waals surface area (Å²) >= 11 is 3.37. The lowest BCUT2D eigenvalue weighted by atomic mass is 10.2. The van der Waals surface area contributed by atoms with Gasteiger partial charge in [0.2, 0.25) is 0 Å². The number of halogens is 1. The predicted octanol–water partition coefficient (Wildman–Crippen LogP) is 2.88. The highest BCUT2D eigenvalue weighted by Crippen LogP contribution is 2.29. The number of furan rings is 1. The molecule has 20 heavy (non-hydrogen) atoms. The van der Waals surface area contributed by atoms with Gasteiger partial charge in [0, 0.05) is 11.9 Å². The molecule has 1 amide bonds. The minimum Gasteiger partial charge on any atom is -0.480 e. The van der Waals surface area contributed by atoms with Crippen LogP contribution in [0.4, 0.5) is 0 Å². The lowest BCUT2D eigenvalue weighted by Gasteiger charge is -2.19. The molecule has 1 aliphatic heterocycles. The van der Waals surface area contributed by atoms with Crippen LogP contribution in [0.1, 0.15) is 23.4 Å². The first-order valence-corrected chi connectivity index (χ1v) is 7.09. The fourth-order valence-corrected chi connectivity index (χ4v) is 3.00. The molecule has 1 saturated heterocycles. The molecule has 104 valence electrons. The summed E-state index contributed by atoms with van der Waals surface area (Å²) in [6, 6.07) is 6.43. The van der Waals surface area contributed by atoms with E-state index in [2.05, 4.69) is 15.9 Å². The summed E-state index contributed by atoms with van der Waals surface area (Å²) in [7, 11) is 0. The first-order chi connectivity index (χ1) is 9.58. The van der Waals surface area contributed by atoms with Gasteiger partial charge in [-0.3, -0.25) is 4.79 Å². The van der Waals surface area contributed by atoms with E-state index in [4.69, 9.17) is 9.52 Å². The topological polar surface area (TPSA) is 70.8 Å². The van der Waals surface area contributed by atoms with Crippen molar-refractivity contribution in [2.24, 2.45) is 0 Å². The molecular formula is C14H12BrNO4. The SMILES string of the molecule is O=C(O)[C@@H]1CCCN1C(=O)c1cc2cccc(Br)c2o1. The maximum atomic E-state index is 12.4. The van der Waals surface area contributed by atoms with Crippen molar-refractivity contribution in [3.63, 3.8) is 0 Å². The molecule has 1 aromatic carbocycles. The van der Waals surface area contributed by atoms with E-state index in [1.807, 2.05) is 18.2 Å². The molecule has 0 spiro atoms. The Morgan fingerprint density at radius 1 is 1.40 bits per heavy atom. The second kappa shape index (κ2) is 4.94. The third-order valence-electron chi connectivity index (χ3n) is 3.51. The van der Waals surface area contributed by atoms with E-state index in [1.54, 1.807) is 6.07 Å². The van der Waals surface area contributed by atoms with Crippen LogP contribution < -0.4 is 0 Å². The molecule has 0 radical (unpaired) electrons. The first kappa shape index (κ1) is 13.2. The average Bonchev–Trinajstić information content (AvgIpc) is 3.05. The lowest BCUT2D eigenvalue weighted by molar-refractivity contribution is -0.141. The van der Waals surface area contributed by atoms with Crippen LogP contribution >= 0.6 is 15.9 Å². The molecule has 0 bridgehead atoms. The number of aliphatic carboxylic acids is 1. The Morgan fingerprint density at radius 3 is 2.90 bits per heavy atom. The highest BCUT2D eigenvalue weighted by atomic mass is 79.9. The molecule has 1 aromatic heterocycles. The number of fused-ring (bicyclic) bond motifs is 1. The summed E-state index contributed by atoms with van der Waals surface area (Å²) in [6.45, 7) is 0.452. The number of carbonyl (C=O) groups excluding carboxylic acids is 1. The fraction of sp³-hybridized carbons (Fsp3) is 0.286. The average molecular weight is 338 g/mol. The van der Waals surface area contributed by atoms with Gasteiger partial charge in [0.1, 0.15) is 11.6 Å². The van der Waals surface area contributed by atoms with E-state index in [0.717, 1.165) is 9.86 Å². The maximum Gasteiger partial charge on any atom is 0.326 e. The van der Waals surface area contributed by atoms with Crippen LogP contribution in [0.2, 0.25) is 0 Å². The molecular weight excluding hydrogens is 326 g/mol. The molecule has 1 N–H and O–H groups in total. The largest absolute Gasteiger partial charge is 0.480 e. The van der Waals surface area contributed by atoms with Crippen molar-refractivity contribution < 1.29 is 19.1 Å². The monoisotopic (exact) mass is 337 g/mol. The van der Waals surface area contributed by atoms with Crippen LogP contribution in [0.15, 0.2) is 33.2 Å². The van der Waals surface area contributed by atoms with Gasteiger partial charge in [0.15, 0.2) is 5.76 Å². The summed E-state index contributed by atoms with van der Waals surface area (Å²) in [5.41, 5.74) is 0.599. The molecule has 1 atom stereocenters. The molecule has 0 unspecified atom stereocenters. The normalized spacial score (nSPS) is 18.6. The Bertz CT molecular complexity index is 694. The van der Waals surface area contributed by atoms with E-state index in [1.165, 1.54) is 4.90 Å². The molecule has 2 aromatic rings. The lowest BCUT2D eigenvalue weighted by Crippen LogP contribution is -2.40. The van der Waals surface area contributed by atoms with Crippen molar-refractivity contribution in [1.82, 2.24) is 4.90 Å². The Labute approximate surface area is 123 Å². The number of hydrogen-bond donors (Lipinski definition) is 1. The number of para-hydroxylation sites is 1. The van der Waals surface area contributed by atoms with E-state index in [9.17, 15) is 9.59 Å². The minimum absolute atomic E-state index is 0.181. The number of carboxylic acid groups (broad SMARTS) is 1. The third-order valence-corrected chi connectivity index (χ3v) is 4.13. The summed E-state index contributed by atoms with van der Waals surface area (Å²) in [4.78, 5) is 24.9. The van der Waals surface area contributed by atoms with Gasteiger partial charge >= 0.3 is 5.97 Å². The van der Waals surface area contributed by atoms with Gasteiger partial charge < -0.3 is 14.4 Å². The highest BCUT2D eigenvalue weighted by Gasteiger charge is 2.35. The first-order valence-electron chi connectivity index (χ1n) is 6.30. The van der Waals surface area contributed by atoms with Crippen LogP contribution in [-0.4, -0.2) is 34.5 Å². The van der Waals surface area contributed by atoms with Crippen LogP contribution in [0, 0.1) is 0 Å². The summed E-state index contributed by atoms with van der Waals surface area (Å²) in [6.07, 6.45) is 1.19. The number of benzene rings is 1. The van der Waals surface area contributed by atoms with Crippen LogP contribution in [0.25, 0.3) is 11.0 Å². The standard InChI is InChI=1S/C14H12BrNO4/c15-9-4-1-3-8-7-11(20-12(8)9)13(17)16-6-2-5-10(16)14(18)19/h1,3-4,7,10H,2,5-6H2,(H,18,19)/t10-/m0/s1. The summed E-state index contributed by atoms with van der Waals surface area (Å²) < 4.78 is 6.34. The second-order valence-corrected chi connectivity index (χ2v) is 5.62. The Balaban J connectivity index is 1.96. The van der Waals surface area contributed by atoms with Crippen molar-refractivity contribution in [2.45, 2.75) is 18.9 Å². The number of rotatable bonds is 2. The van der Waals surface area contributed by atoms with E-state index in [-0.39, 0.29) is 11.7 Å². The molecule has 6 heteroatoms. The van der Waals surface area contributed by atoms with Crippen LogP contribution in [0.5, 0.6) is 0 Å². The zero-order chi connectivity index (χ0) is 14.3. The minimum atomic E-state index is -0.965. The van der Waals surface area contributed by atoms with Gasteiger partial charge in [-0.05, 0) is 40.9 Å². The molecule has 2 heterocycles. The van der Waals surface area contributed by atoms with E-state index >= 15 is 0 Å². The van der Waals surface area contributed by atoms with Gasteiger partial charge in [0.25, 0.3) is 5.91 Å². The number of carboxylic acids is 1. The van der Waals surface area contributed by atoms with Crippen molar-refractivity contribution in [2.75, 3.05) is 6.54 Å². The smallest absolute Gasteiger partial charge is 0.326 e. The zero-order valence-electron chi connectivity index (χ0n) is 10.5. The second-order valence-electron chi connectivity index (χ2n) is 4.76. The number of amides is 1. The fourth-order valence-electron chi connectivity index (χ4n) is 2.54. The molecule has 3 rings (SSSR count). The molecule has 0 saturated carbocycles. The van der Waals surface area contributed by atoms with Crippen molar-refractivity contribution in [3.8, 4) is 0 Å². The van der Waals surface area contributed by atoms with E-state index < -0.39 is 12.0 Å². The number of carbonyl (C=O) groups is 2. The number of nitrogens with zero attached hydrogens (tertiary/aromatic N) is 1. The molecule has 1 aliphatic rings. The van der Waals surface area contributed by atoms with Crippen LogP contribution in [0.3, 0.4) is 0 Å². The third kappa shape index (κ3) is 2.10. The van der Waals surface area contributed by atoms with Gasteiger partial charge in [-0.1, -0.05) is 12.1 Å². The molecule has 1 fully saturated rings. The maximum absolute atomic E-state index is 12.4. The Morgan fingerprint density at radius 2 is 2.20 bits per heavy atom. The van der Waals surface area contributed by atoms with Gasteiger partial charge in [0.05, 0.1) is 4.47 Å². The van der Waals surface area contributed by atoms with Crippen LogP contribution in [-0.2, 0) is 4.79 Å². The van der Waals surface area contributed by atoms with E-state index in [0.29, 0.717) is 25.0 Å². The Kier molecular flexibility index (Phi) is 3.25. The van der Waals surface area contributed by atoms with Gasteiger partial charge in [-0.15, -0.1) is 0 Å². The number of likely N-dealkylation sites (tertiary alicyclic amines) is 1.